The molecule has 0 saturated carbocycles. The highest BCUT2D eigenvalue weighted by Crippen LogP contribution is 2.09. The van der Waals surface area contributed by atoms with Gasteiger partial charge in [-0.1, -0.05) is 67.6 Å². The lowest BCUT2D eigenvalue weighted by Gasteiger charge is -2.21. The van der Waals surface area contributed by atoms with Crippen LogP contribution in [0.5, 0.6) is 0 Å². The Morgan fingerprint density at radius 3 is 1.61 bits per heavy atom. The molecule has 0 aliphatic heterocycles. The summed E-state index contributed by atoms with van der Waals surface area (Å²) >= 11 is 0. The van der Waals surface area contributed by atoms with Crippen LogP contribution in [0, 0.1) is 0 Å². The molecule has 0 saturated heterocycles. The van der Waals surface area contributed by atoms with E-state index < -0.39 is 5.97 Å². The van der Waals surface area contributed by atoms with Gasteiger partial charge < -0.3 is 10.2 Å². The zero-order chi connectivity index (χ0) is 16.9. The summed E-state index contributed by atoms with van der Waals surface area (Å²) in [6.45, 7) is 4.23. The topological polar surface area (TPSA) is 60.8 Å². The van der Waals surface area contributed by atoms with Crippen LogP contribution in [0.15, 0.2) is 60.7 Å². The highest BCUT2D eigenvalue weighted by molar-refractivity contribution is 5.66. The molecule has 2 aromatic rings. The quantitative estimate of drug-likeness (QED) is 0.824. The lowest BCUT2D eigenvalue weighted by molar-refractivity contribution is -0.136. The van der Waals surface area contributed by atoms with Crippen LogP contribution in [-0.4, -0.2) is 34.2 Å². The SMILES string of the molecule is CCC(=O)O.OCCN(Cc1ccccc1)Cc1ccccc1. The first-order valence-electron chi connectivity index (χ1n) is 7.78. The number of carboxylic acids is 1. The average Bonchev–Trinajstić information content (AvgIpc) is 2.57. The van der Waals surface area contributed by atoms with Gasteiger partial charge in [0.25, 0.3) is 0 Å². The molecule has 4 nitrogen and oxygen atoms in total. The lowest BCUT2D eigenvalue weighted by atomic mass is 10.1. The first kappa shape index (κ1) is 18.9. The third kappa shape index (κ3) is 8.76. The molecule has 2 aromatic carbocycles. The van der Waals surface area contributed by atoms with E-state index in [2.05, 4.69) is 53.4 Å². The molecule has 0 unspecified atom stereocenters. The van der Waals surface area contributed by atoms with Crippen molar-refractivity contribution in [2.24, 2.45) is 0 Å². The fraction of sp³-hybridized carbons (Fsp3) is 0.316. The Morgan fingerprint density at radius 2 is 1.30 bits per heavy atom. The average molecular weight is 315 g/mol. The van der Waals surface area contributed by atoms with Gasteiger partial charge in [-0.05, 0) is 11.1 Å². The molecule has 0 bridgehead atoms. The highest BCUT2D eigenvalue weighted by atomic mass is 16.4. The number of hydrogen-bond acceptors (Lipinski definition) is 3. The summed E-state index contributed by atoms with van der Waals surface area (Å²) in [4.78, 5) is 11.6. The van der Waals surface area contributed by atoms with Crippen LogP contribution in [0.4, 0.5) is 0 Å². The number of rotatable bonds is 7. The molecular weight excluding hydrogens is 290 g/mol. The van der Waals surface area contributed by atoms with Crippen LogP contribution >= 0.6 is 0 Å². The Hall–Kier alpha value is -2.17. The second-order valence-electron chi connectivity index (χ2n) is 5.15. The Labute approximate surface area is 138 Å². The Balaban J connectivity index is 0.000000463. The van der Waals surface area contributed by atoms with Crippen molar-refractivity contribution in [3.8, 4) is 0 Å². The summed E-state index contributed by atoms with van der Waals surface area (Å²) < 4.78 is 0. The van der Waals surface area contributed by atoms with Crippen LogP contribution in [0.1, 0.15) is 24.5 Å². The summed E-state index contributed by atoms with van der Waals surface area (Å²) in [6, 6.07) is 20.7. The summed E-state index contributed by atoms with van der Waals surface area (Å²) in [5.41, 5.74) is 2.56. The smallest absolute Gasteiger partial charge is 0.303 e. The molecule has 0 atom stereocenters. The van der Waals surface area contributed by atoms with Crippen LogP contribution in [0.3, 0.4) is 0 Å². The van der Waals surface area contributed by atoms with Gasteiger partial charge >= 0.3 is 5.97 Å². The van der Waals surface area contributed by atoms with Crippen molar-refractivity contribution in [3.05, 3.63) is 71.8 Å². The van der Waals surface area contributed by atoms with Crippen LogP contribution in [0.2, 0.25) is 0 Å². The molecule has 124 valence electrons. The molecule has 4 heteroatoms. The monoisotopic (exact) mass is 315 g/mol. The van der Waals surface area contributed by atoms with Gasteiger partial charge in [-0.25, -0.2) is 0 Å². The molecule has 0 amide bonds. The second-order valence-corrected chi connectivity index (χ2v) is 5.15. The first-order valence-corrected chi connectivity index (χ1v) is 7.78. The van der Waals surface area contributed by atoms with E-state index in [1.165, 1.54) is 11.1 Å². The minimum Gasteiger partial charge on any atom is -0.481 e. The van der Waals surface area contributed by atoms with Crippen molar-refractivity contribution in [2.75, 3.05) is 13.2 Å². The maximum Gasteiger partial charge on any atom is 0.303 e. The fourth-order valence-electron chi connectivity index (χ4n) is 2.04. The Bertz CT molecular complexity index is 502. The van der Waals surface area contributed by atoms with Crippen molar-refractivity contribution >= 4 is 5.97 Å². The zero-order valence-electron chi connectivity index (χ0n) is 13.6. The van der Waals surface area contributed by atoms with Gasteiger partial charge in [0.05, 0.1) is 6.61 Å². The van der Waals surface area contributed by atoms with Crippen molar-refractivity contribution in [2.45, 2.75) is 26.4 Å². The van der Waals surface area contributed by atoms with Crippen LogP contribution < -0.4 is 0 Å². The maximum absolute atomic E-state index is 9.37. The molecule has 0 aliphatic carbocycles. The third-order valence-electron chi connectivity index (χ3n) is 3.22. The van der Waals surface area contributed by atoms with E-state index in [4.69, 9.17) is 10.2 Å². The van der Waals surface area contributed by atoms with Gasteiger partial charge in [-0.2, -0.15) is 0 Å². The van der Waals surface area contributed by atoms with Crippen molar-refractivity contribution in [1.82, 2.24) is 4.90 Å². The number of aliphatic hydroxyl groups is 1. The normalized spacial score (nSPS) is 10.0. The fourth-order valence-corrected chi connectivity index (χ4v) is 2.04. The molecule has 0 aliphatic rings. The predicted octanol–water partition coefficient (Wildman–Crippen LogP) is 3.16. The molecule has 0 heterocycles. The van der Waals surface area contributed by atoms with E-state index in [1.54, 1.807) is 6.92 Å². The van der Waals surface area contributed by atoms with E-state index in [9.17, 15) is 4.79 Å². The number of hydrogen-bond donors (Lipinski definition) is 2. The molecule has 2 N–H and O–H groups in total. The molecule has 0 aromatic heterocycles. The van der Waals surface area contributed by atoms with E-state index in [0.717, 1.165) is 13.1 Å². The van der Waals surface area contributed by atoms with E-state index >= 15 is 0 Å². The molecule has 0 spiro atoms. The second kappa shape index (κ2) is 11.4. The summed E-state index contributed by atoms with van der Waals surface area (Å²) in [6.07, 6.45) is 0.222. The van der Waals surface area contributed by atoms with Crippen LogP contribution in [-0.2, 0) is 17.9 Å². The van der Waals surface area contributed by atoms with Crippen molar-refractivity contribution < 1.29 is 15.0 Å². The van der Waals surface area contributed by atoms with E-state index in [1.807, 2.05) is 12.1 Å². The van der Waals surface area contributed by atoms with Crippen molar-refractivity contribution in [1.29, 1.82) is 0 Å². The third-order valence-corrected chi connectivity index (χ3v) is 3.22. The zero-order valence-corrected chi connectivity index (χ0v) is 13.6. The number of nitrogens with zero attached hydrogens (tertiary/aromatic N) is 1. The Morgan fingerprint density at radius 1 is 0.913 bits per heavy atom. The number of carbonyl (C=O) groups is 1. The highest BCUT2D eigenvalue weighted by Gasteiger charge is 2.06. The van der Waals surface area contributed by atoms with Crippen LogP contribution in [0.25, 0.3) is 0 Å². The minimum absolute atomic E-state index is 0.194. The summed E-state index contributed by atoms with van der Waals surface area (Å²) in [5, 5.41) is 16.9. The van der Waals surface area contributed by atoms with Gasteiger partial charge in [0, 0.05) is 26.1 Å². The van der Waals surface area contributed by atoms with Gasteiger partial charge in [-0.3, -0.25) is 9.69 Å². The molecule has 2 rings (SSSR count). The van der Waals surface area contributed by atoms with Crippen molar-refractivity contribution in [3.63, 3.8) is 0 Å². The molecular formula is C19H25NO3. The number of benzene rings is 2. The van der Waals surface area contributed by atoms with Gasteiger partial charge in [-0.15, -0.1) is 0 Å². The largest absolute Gasteiger partial charge is 0.481 e. The van der Waals surface area contributed by atoms with E-state index in [-0.39, 0.29) is 13.0 Å². The van der Waals surface area contributed by atoms with Gasteiger partial charge in [0.15, 0.2) is 0 Å². The Kier molecular flexibility index (Phi) is 9.36. The lowest BCUT2D eigenvalue weighted by Crippen LogP contribution is -2.26. The number of carboxylic acid groups (broad SMARTS) is 1. The standard InChI is InChI=1S/C16H19NO.C3H6O2/c18-12-11-17(13-15-7-3-1-4-8-15)14-16-9-5-2-6-10-16;1-2-3(4)5/h1-10,18H,11-14H2;2H2,1H3,(H,4,5). The van der Waals surface area contributed by atoms with Gasteiger partial charge in [0.2, 0.25) is 0 Å². The van der Waals surface area contributed by atoms with Gasteiger partial charge in [0.1, 0.15) is 0 Å². The predicted molar refractivity (Wildman–Crippen MR) is 92.0 cm³/mol. The minimum atomic E-state index is -0.745. The molecule has 23 heavy (non-hydrogen) atoms. The molecule has 0 radical (unpaired) electrons. The maximum atomic E-state index is 9.37. The number of aliphatic carboxylic acids is 1. The number of aliphatic hydroxyl groups excluding tert-OH is 1. The summed E-state index contributed by atoms with van der Waals surface area (Å²) in [7, 11) is 0. The first-order chi connectivity index (χ1) is 11.2. The van der Waals surface area contributed by atoms with E-state index in [0.29, 0.717) is 6.54 Å². The summed E-state index contributed by atoms with van der Waals surface area (Å²) in [5.74, 6) is -0.745. The molecule has 0 fully saturated rings.